The number of aryl methyl sites for hydroxylation is 5. The van der Waals surface area contributed by atoms with Crippen molar-refractivity contribution in [2.45, 2.75) is 60.0 Å². The van der Waals surface area contributed by atoms with Gasteiger partial charge in [-0.1, -0.05) is 42.8 Å². The van der Waals surface area contributed by atoms with Crippen LogP contribution in [0.5, 0.6) is 0 Å². The summed E-state index contributed by atoms with van der Waals surface area (Å²) >= 11 is 5.95. The first-order valence-corrected chi connectivity index (χ1v) is 13.1. The second-order valence-electron chi connectivity index (χ2n) is 9.93. The van der Waals surface area contributed by atoms with Gasteiger partial charge in [-0.05, 0) is 106 Å². The molecule has 1 saturated heterocycles. The SMILES string of the molecule is CCc1ccc(N2C(=S)N[C@H](c3ccccn3)[C@H]2c2cc(C)n(-c3c(C)cc(C)cc3C)c2C)cc1. The highest BCUT2D eigenvalue weighted by Gasteiger charge is 2.42. The van der Waals surface area contributed by atoms with E-state index < -0.39 is 0 Å². The topological polar surface area (TPSA) is 33.1 Å². The Labute approximate surface area is 220 Å². The minimum absolute atomic E-state index is 0.0223. The van der Waals surface area contributed by atoms with Crippen LogP contribution in [0.15, 0.2) is 66.9 Å². The quantitative estimate of drug-likeness (QED) is 0.299. The Balaban J connectivity index is 1.69. The van der Waals surface area contributed by atoms with Gasteiger partial charge >= 0.3 is 0 Å². The molecule has 0 saturated carbocycles. The highest BCUT2D eigenvalue weighted by Crippen LogP contribution is 2.44. The summed E-state index contributed by atoms with van der Waals surface area (Å²) in [6.07, 6.45) is 2.87. The molecule has 1 aliphatic heterocycles. The number of benzene rings is 2. The third-order valence-electron chi connectivity index (χ3n) is 7.37. The van der Waals surface area contributed by atoms with E-state index in [0.717, 1.165) is 22.9 Å². The van der Waals surface area contributed by atoms with Crippen LogP contribution in [-0.4, -0.2) is 14.7 Å². The van der Waals surface area contributed by atoms with Gasteiger partial charge in [0.1, 0.15) is 0 Å². The number of hydrogen-bond donors (Lipinski definition) is 1. The normalized spacial score (nSPS) is 17.5. The van der Waals surface area contributed by atoms with Crippen molar-refractivity contribution in [1.82, 2.24) is 14.9 Å². The number of nitrogens with zero attached hydrogens (tertiary/aromatic N) is 3. The number of nitrogens with one attached hydrogen (secondary N) is 1. The van der Waals surface area contributed by atoms with Gasteiger partial charge in [-0.2, -0.15) is 0 Å². The molecule has 2 atom stereocenters. The van der Waals surface area contributed by atoms with Crippen LogP contribution < -0.4 is 10.2 Å². The van der Waals surface area contributed by atoms with Crippen molar-refractivity contribution in [1.29, 1.82) is 0 Å². The zero-order chi connectivity index (χ0) is 25.6. The summed E-state index contributed by atoms with van der Waals surface area (Å²) in [6.45, 7) is 13.2. The summed E-state index contributed by atoms with van der Waals surface area (Å²) in [4.78, 5) is 7.00. The highest BCUT2D eigenvalue weighted by molar-refractivity contribution is 7.80. The molecule has 5 rings (SSSR count). The third kappa shape index (κ3) is 4.11. The summed E-state index contributed by atoms with van der Waals surface area (Å²) < 4.78 is 2.41. The lowest BCUT2D eigenvalue weighted by atomic mass is 9.96. The van der Waals surface area contributed by atoms with Gasteiger partial charge in [0.05, 0.1) is 23.5 Å². The molecular weight excluding hydrogens is 460 g/mol. The molecule has 2 aromatic carbocycles. The maximum absolute atomic E-state index is 5.95. The van der Waals surface area contributed by atoms with E-state index in [9.17, 15) is 0 Å². The Hall–Kier alpha value is -3.44. The van der Waals surface area contributed by atoms with Gasteiger partial charge in [-0.15, -0.1) is 0 Å². The molecule has 1 N–H and O–H groups in total. The van der Waals surface area contributed by atoms with Crippen molar-refractivity contribution < 1.29 is 0 Å². The first-order valence-electron chi connectivity index (χ1n) is 12.7. The van der Waals surface area contributed by atoms with Crippen LogP contribution in [0.1, 0.15) is 63.9 Å². The van der Waals surface area contributed by atoms with Gasteiger partial charge in [0.25, 0.3) is 0 Å². The van der Waals surface area contributed by atoms with Crippen LogP contribution in [0.2, 0.25) is 0 Å². The summed E-state index contributed by atoms with van der Waals surface area (Å²) in [6, 6.07) is 21.7. The first-order chi connectivity index (χ1) is 17.3. The van der Waals surface area contributed by atoms with Crippen LogP contribution in [-0.2, 0) is 6.42 Å². The number of thiocarbonyl (C=S) groups is 1. The average molecular weight is 495 g/mol. The van der Waals surface area contributed by atoms with E-state index in [2.05, 4.69) is 105 Å². The van der Waals surface area contributed by atoms with Gasteiger partial charge in [-0.3, -0.25) is 4.98 Å². The molecule has 36 heavy (non-hydrogen) atoms. The first kappa shape index (κ1) is 24.3. The van der Waals surface area contributed by atoms with E-state index in [1.165, 1.54) is 44.9 Å². The molecule has 4 aromatic rings. The van der Waals surface area contributed by atoms with Crippen molar-refractivity contribution in [3.63, 3.8) is 0 Å². The fourth-order valence-corrected chi connectivity index (χ4v) is 6.14. The molecule has 0 aliphatic carbocycles. The fourth-order valence-electron chi connectivity index (χ4n) is 5.80. The van der Waals surface area contributed by atoms with Crippen molar-refractivity contribution >= 4 is 23.0 Å². The highest BCUT2D eigenvalue weighted by atomic mass is 32.1. The lowest BCUT2D eigenvalue weighted by Crippen LogP contribution is -2.29. The third-order valence-corrected chi connectivity index (χ3v) is 7.68. The standard InChI is InChI=1S/C31H34N4S/c1-7-24-11-13-25(14-12-24)35-30(28(33-31(35)36)27-10-8-9-15-32-27)26-18-22(5)34(23(26)6)29-20(3)16-19(2)17-21(29)4/h8-18,28,30H,7H2,1-6H3,(H,33,36)/t28-,30-/m1/s1. The molecule has 2 aromatic heterocycles. The van der Waals surface area contributed by atoms with Crippen molar-refractivity contribution in [3.05, 3.63) is 112 Å². The zero-order valence-corrected chi connectivity index (χ0v) is 22.8. The molecule has 0 unspecified atom stereocenters. The van der Waals surface area contributed by atoms with E-state index in [-0.39, 0.29) is 12.1 Å². The van der Waals surface area contributed by atoms with Crippen LogP contribution in [0.25, 0.3) is 5.69 Å². The van der Waals surface area contributed by atoms with E-state index in [0.29, 0.717) is 0 Å². The van der Waals surface area contributed by atoms with Gasteiger partial charge in [0.2, 0.25) is 0 Å². The molecule has 0 amide bonds. The summed E-state index contributed by atoms with van der Waals surface area (Å²) in [5.74, 6) is 0. The number of rotatable bonds is 5. The average Bonchev–Trinajstić information content (AvgIpc) is 3.35. The molecule has 0 radical (unpaired) electrons. The minimum atomic E-state index is -0.0567. The number of aromatic nitrogens is 2. The van der Waals surface area contributed by atoms with Gasteiger partial charge in [0, 0.05) is 23.3 Å². The van der Waals surface area contributed by atoms with Gasteiger partial charge < -0.3 is 14.8 Å². The van der Waals surface area contributed by atoms with E-state index in [1.807, 2.05) is 18.3 Å². The molecule has 3 heterocycles. The van der Waals surface area contributed by atoms with Crippen molar-refractivity contribution in [2.75, 3.05) is 4.90 Å². The number of hydrogen-bond acceptors (Lipinski definition) is 2. The maximum Gasteiger partial charge on any atom is 0.174 e. The molecular formula is C31H34N4S. The Morgan fingerprint density at radius 1 is 0.917 bits per heavy atom. The van der Waals surface area contributed by atoms with Crippen LogP contribution in [0.3, 0.4) is 0 Å². The monoisotopic (exact) mass is 494 g/mol. The molecule has 5 heteroatoms. The van der Waals surface area contributed by atoms with Crippen LogP contribution in [0, 0.1) is 34.6 Å². The second-order valence-corrected chi connectivity index (χ2v) is 10.3. The summed E-state index contributed by atoms with van der Waals surface area (Å²) in [7, 11) is 0. The van der Waals surface area contributed by atoms with Gasteiger partial charge in [-0.25, -0.2) is 0 Å². The molecule has 0 bridgehead atoms. The predicted molar refractivity (Wildman–Crippen MR) is 153 cm³/mol. The largest absolute Gasteiger partial charge is 0.351 e. The van der Waals surface area contributed by atoms with Gasteiger partial charge in [0.15, 0.2) is 5.11 Å². The molecule has 4 nitrogen and oxygen atoms in total. The van der Waals surface area contributed by atoms with E-state index in [4.69, 9.17) is 17.2 Å². The zero-order valence-electron chi connectivity index (χ0n) is 22.0. The Morgan fingerprint density at radius 3 is 2.22 bits per heavy atom. The minimum Gasteiger partial charge on any atom is -0.351 e. The smallest absolute Gasteiger partial charge is 0.174 e. The van der Waals surface area contributed by atoms with E-state index >= 15 is 0 Å². The molecule has 1 fully saturated rings. The number of pyridine rings is 1. The summed E-state index contributed by atoms with van der Waals surface area (Å²) in [5, 5.41) is 4.34. The number of anilines is 1. The van der Waals surface area contributed by atoms with Crippen molar-refractivity contribution in [3.8, 4) is 5.69 Å². The summed E-state index contributed by atoms with van der Waals surface area (Å²) in [5.41, 5.74) is 12.2. The Kier molecular flexibility index (Phi) is 6.44. The Morgan fingerprint density at radius 2 is 1.61 bits per heavy atom. The molecule has 1 aliphatic rings. The lowest BCUT2D eigenvalue weighted by molar-refractivity contribution is 0.565. The predicted octanol–water partition coefficient (Wildman–Crippen LogP) is 7.15. The van der Waals surface area contributed by atoms with Crippen LogP contribution in [0.4, 0.5) is 5.69 Å². The van der Waals surface area contributed by atoms with E-state index in [1.54, 1.807) is 0 Å². The molecule has 184 valence electrons. The molecule has 0 spiro atoms. The Bertz CT molecular complexity index is 1400. The van der Waals surface area contributed by atoms with Crippen molar-refractivity contribution in [2.24, 2.45) is 0 Å². The lowest BCUT2D eigenvalue weighted by Gasteiger charge is -2.28. The fraction of sp³-hybridized carbons (Fsp3) is 0.290. The maximum atomic E-state index is 5.95. The second kappa shape index (κ2) is 9.55. The van der Waals surface area contributed by atoms with Crippen LogP contribution >= 0.6 is 12.2 Å².